The maximum Gasteiger partial charge on any atom is 0.228 e. The van der Waals surface area contributed by atoms with Gasteiger partial charge in [0.15, 0.2) is 0 Å². The summed E-state index contributed by atoms with van der Waals surface area (Å²) in [5.74, 6) is -0.0177. The van der Waals surface area contributed by atoms with Crippen LogP contribution in [0.25, 0.3) is 0 Å². The lowest BCUT2D eigenvalue weighted by Gasteiger charge is -2.05. The lowest BCUT2D eigenvalue weighted by Crippen LogP contribution is -2.09. The van der Waals surface area contributed by atoms with E-state index in [0.29, 0.717) is 6.42 Å². The molecule has 78 valence electrons. The molecule has 15 heavy (non-hydrogen) atoms. The molecule has 0 fully saturated rings. The Labute approximate surface area is 89.2 Å². The average molecular weight is 202 g/mol. The SMILES string of the molecule is C=CCC(=O)Nc1ccc2c(c1)CCN2. The lowest BCUT2D eigenvalue weighted by molar-refractivity contribution is -0.115. The van der Waals surface area contributed by atoms with Crippen LogP contribution in [0.4, 0.5) is 11.4 Å². The minimum atomic E-state index is -0.0177. The minimum absolute atomic E-state index is 0.0177. The molecule has 1 aliphatic heterocycles. The van der Waals surface area contributed by atoms with Crippen molar-refractivity contribution in [2.24, 2.45) is 0 Å². The summed E-state index contributed by atoms with van der Waals surface area (Å²) < 4.78 is 0. The summed E-state index contributed by atoms with van der Waals surface area (Å²) in [5.41, 5.74) is 3.31. The molecule has 0 saturated carbocycles. The minimum Gasteiger partial charge on any atom is -0.384 e. The number of carbonyl (C=O) groups is 1. The van der Waals surface area contributed by atoms with E-state index < -0.39 is 0 Å². The molecule has 1 aromatic carbocycles. The highest BCUT2D eigenvalue weighted by Gasteiger charge is 2.10. The molecule has 1 amide bonds. The van der Waals surface area contributed by atoms with E-state index in [1.807, 2.05) is 18.2 Å². The Morgan fingerprint density at radius 1 is 1.60 bits per heavy atom. The highest BCUT2D eigenvalue weighted by atomic mass is 16.1. The van der Waals surface area contributed by atoms with E-state index in [0.717, 1.165) is 18.7 Å². The van der Waals surface area contributed by atoms with E-state index in [1.165, 1.54) is 11.3 Å². The van der Waals surface area contributed by atoms with Crippen molar-refractivity contribution in [1.29, 1.82) is 0 Å². The van der Waals surface area contributed by atoms with Gasteiger partial charge in [-0.25, -0.2) is 0 Å². The maximum absolute atomic E-state index is 11.3. The van der Waals surface area contributed by atoms with Crippen molar-refractivity contribution in [2.75, 3.05) is 17.2 Å². The van der Waals surface area contributed by atoms with E-state index in [9.17, 15) is 4.79 Å². The summed E-state index contributed by atoms with van der Waals surface area (Å²) in [6, 6.07) is 5.94. The van der Waals surface area contributed by atoms with Crippen molar-refractivity contribution < 1.29 is 4.79 Å². The van der Waals surface area contributed by atoms with Crippen molar-refractivity contribution in [2.45, 2.75) is 12.8 Å². The van der Waals surface area contributed by atoms with Gasteiger partial charge in [-0.05, 0) is 30.2 Å². The first-order valence-corrected chi connectivity index (χ1v) is 5.07. The molecule has 0 saturated heterocycles. The number of hydrogen-bond acceptors (Lipinski definition) is 2. The fourth-order valence-electron chi connectivity index (χ4n) is 1.73. The zero-order chi connectivity index (χ0) is 10.7. The number of fused-ring (bicyclic) bond motifs is 1. The van der Waals surface area contributed by atoms with Crippen molar-refractivity contribution in [1.82, 2.24) is 0 Å². The molecule has 0 aromatic heterocycles. The van der Waals surface area contributed by atoms with Gasteiger partial charge in [-0.2, -0.15) is 0 Å². The zero-order valence-corrected chi connectivity index (χ0v) is 8.55. The summed E-state index contributed by atoms with van der Waals surface area (Å²) in [4.78, 5) is 11.3. The normalized spacial score (nSPS) is 12.8. The second-order valence-electron chi connectivity index (χ2n) is 3.59. The molecule has 1 heterocycles. The Morgan fingerprint density at radius 2 is 2.47 bits per heavy atom. The topological polar surface area (TPSA) is 41.1 Å². The van der Waals surface area contributed by atoms with Gasteiger partial charge >= 0.3 is 0 Å². The molecule has 0 aliphatic carbocycles. The van der Waals surface area contributed by atoms with E-state index in [4.69, 9.17) is 0 Å². The number of carbonyl (C=O) groups excluding carboxylic acids is 1. The van der Waals surface area contributed by atoms with Gasteiger partial charge in [0.2, 0.25) is 5.91 Å². The number of nitrogens with one attached hydrogen (secondary N) is 2. The van der Waals surface area contributed by atoms with Crippen molar-refractivity contribution in [3.63, 3.8) is 0 Å². The third-order valence-electron chi connectivity index (χ3n) is 2.43. The summed E-state index contributed by atoms with van der Waals surface area (Å²) in [7, 11) is 0. The molecular formula is C12H14N2O. The summed E-state index contributed by atoms with van der Waals surface area (Å²) >= 11 is 0. The second-order valence-corrected chi connectivity index (χ2v) is 3.59. The van der Waals surface area contributed by atoms with Crippen LogP contribution in [0.2, 0.25) is 0 Å². The van der Waals surface area contributed by atoms with Gasteiger partial charge in [-0.15, -0.1) is 6.58 Å². The van der Waals surface area contributed by atoms with Gasteiger partial charge in [0.25, 0.3) is 0 Å². The zero-order valence-electron chi connectivity index (χ0n) is 8.55. The van der Waals surface area contributed by atoms with Crippen LogP contribution in [0.1, 0.15) is 12.0 Å². The summed E-state index contributed by atoms with van der Waals surface area (Å²) in [6.07, 6.45) is 2.99. The van der Waals surface area contributed by atoms with Crippen LogP contribution in [0, 0.1) is 0 Å². The van der Waals surface area contributed by atoms with Crippen molar-refractivity contribution in [3.8, 4) is 0 Å². The molecule has 0 bridgehead atoms. The highest BCUT2D eigenvalue weighted by Crippen LogP contribution is 2.25. The third-order valence-corrected chi connectivity index (χ3v) is 2.43. The number of benzene rings is 1. The molecule has 3 nitrogen and oxygen atoms in total. The van der Waals surface area contributed by atoms with Crippen LogP contribution in [-0.2, 0) is 11.2 Å². The molecule has 0 atom stereocenters. The van der Waals surface area contributed by atoms with E-state index in [1.54, 1.807) is 6.08 Å². The van der Waals surface area contributed by atoms with Gasteiger partial charge in [0.1, 0.15) is 0 Å². The van der Waals surface area contributed by atoms with Gasteiger partial charge < -0.3 is 10.6 Å². The first-order valence-electron chi connectivity index (χ1n) is 5.07. The molecule has 3 heteroatoms. The Balaban J connectivity index is 2.10. The Bertz CT molecular complexity index is 399. The molecule has 0 spiro atoms. The van der Waals surface area contributed by atoms with Crippen molar-refractivity contribution in [3.05, 3.63) is 36.4 Å². The van der Waals surface area contributed by atoms with Crippen LogP contribution < -0.4 is 10.6 Å². The fourth-order valence-corrected chi connectivity index (χ4v) is 1.73. The first-order chi connectivity index (χ1) is 7.29. The van der Waals surface area contributed by atoms with Crippen LogP contribution in [0.3, 0.4) is 0 Å². The monoisotopic (exact) mass is 202 g/mol. The Morgan fingerprint density at radius 3 is 3.27 bits per heavy atom. The summed E-state index contributed by atoms with van der Waals surface area (Å²) in [5, 5.41) is 6.11. The van der Waals surface area contributed by atoms with Crippen LogP contribution in [-0.4, -0.2) is 12.5 Å². The predicted molar refractivity (Wildman–Crippen MR) is 62.1 cm³/mol. The highest BCUT2D eigenvalue weighted by molar-refractivity contribution is 5.92. The molecule has 2 rings (SSSR count). The summed E-state index contributed by atoms with van der Waals surface area (Å²) in [6.45, 7) is 4.51. The number of rotatable bonds is 3. The standard InChI is InChI=1S/C12H14N2O/c1-2-3-12(15)14-10-4-5-11-9(8-10)6-7-13-11/h2,4-5,8,13H,1,3,6-7H2,(H,14,15). The molecular weight excluding hydrogens is 188 g/mol. The quantitative estimate of drug-likeness (QED) is 0.737. The molecule has 2 N–H and O–H groups in total. The lowest BCUT2D eigenvalue weighted by atomic mass is 10.1. The number of amides is 1. The molecule has 1 aromatic rings. The van der Waals surface area contributed by atoms with Gasteiger partial charge in [0.05, 0.1) is 0 Å². The Hall–Kier alpha value is -1.77. The smallest absolute Gasteiger partial charge is 0.228 e. The Kier molecular flexibility index (Phi) is 2.72. The average Bonchev–Trinajstić information content (AvgIpc) is 2.65. The van der Waals surface area contributed by atoms with E-state index in [-0.39, 0.29) is 5.91 Å². The van der Waals surface area contributed by atoms with E-state index in [2.05, 4.69) is 17.2 Å². The predicted octanol–water partition coefficient (Wildman–Crippen LogP) is 2.17. The van der Waals surface area contributed by atoms with Crippen LogP contribution in [0.15, 0.2) is 30.9 Å². The fraction of sp³-hybridized carbons (Fsp3) is 0.250. The largest absolute Gasteiger partial charge is 0.384 e. The van der Waals surface area contributed by atoms with Gasteiger partial charge in [0, 0.05) is 24.3 Å². The third kappa shape index (κ3) is 2.18. The van der Waals surface area contributed by atoms with Crippen LogP contribution >= 0.6 is 0 Å². The van der Waals surface area contributed by atoms with Crippen molar-refractivity contribution >= 4 is 17.3 Å². The van der Waals surface area contributed by atoms with Crippen LogP contribution in [0.5, 0.6) is 0 Å². The molecule has 0 radical (unpaired) electrons. The maximum atomic E-state index is 11.3. The molecule has 1 aliphatic rings. The van der Waals surface area contributed by atoms with Gasteiger partial charge in [-0.1, -0.05) is 6.08 Å². The number of anilines is 2. The second kappa shape index (κ2) is 4.17. The van der Waals surface area contributed by atoms with E-state index >= 15 is 0 Å². The first kappa shape index (κ1) is 9.77. The van der Waals surface area contributed by atoms with Gasteiger partial charge in [-0.3, -0.25) is 4.79 Å². The molecule has 0 unspecified atom stereocenters. The number of hydrogen-bond donors (Lipinski definition) is 2.